The van der Waals surface area contributed by atoms with Gasteiger partial charge < -0.3 is 4.90 Å². The molecule has 1 aliphatic heterocycles. The van der Waals surface area contributed by atoms with Crippen LogP contribution in [0.25, 0.3) is 0 Å². The number of hydrazone groups is 1. The van der Waals surface area contributed by atoms with Crippen LogP contribution in [0.3, 0.4) is 0 Å². The first-order chi connectivity index (χ1) is 12.0. The van der Waals surface area contributed by atoms with E-state index in [0.717, 1.165) is 21.7 Å². The predicted octanol–water partition coefficient (Wildman–Crippen LogP) is 3.18. The zero-order valence-electron chi connectivity index (χ0n) is 14.6. The molecule has 130 valence electrons. The van der Waals surface area contributed by atoms with Gasteiger partial charge in [-0.25, -0.2) is 5.43 Å². The Bertz CT molecular complexity index is 841. The van der Waals surface area contributed by atoms with Crippen LogP contribution in [0, 0.1) is 26.7 Å². The molecule has 25 heavy (non-hydrogen) atoms. The third-order valence-electron chi connectivity index (χ3n) is 4.56. The van der Waals surface area contributed by atoms with Crippen LogP contribution in [-0.2, 0) is 9.59 Å². The smallest absolute Gasteiger partial charge is 0.245 e. The number of benzene rings is 1. The topological polar surface area (TPSA) is 61.8 Å². The van der Waals surface area contributed by atoms with Crippen LogP contribution in [0.1, 0.15) is 28.0 Å². The second-order valence-corrected chi connectivity index (χ2v) is 7.32. The third-order valence-corrected chi connectivity index (χ3v) is 5.51. The number of aryl methyl sites for hydroxylation is 3. The summed E-state index contributed by atoms with van der Waals surface area (Å²) in [4.78, 5) is 27.3. The van der Waals surface area contributed by atoms with Crippen molar-refractivity contribution in [3.8, 4) is 0 Å². The number of carbonyl (C=O) groups excluding carboxylic acids is 2. The number of nitrogens with one attached hydrogen (secondary N) is 1. The molecule has 3 rings (SSSR count). The minimum absolute atomic E-state index is 0.0264. The van der Waals surface area contributed by atoms with Gasteiger partial charge in [0.1, 0.15) is 0 Å². The van der Waals surface area contributed by atoms with Crippen LogP contribution in [-0.4, -0.2) is 24.6 Å². The fraction of sp³-hybridized carbons (Fsp3) is 0.316. The first kappa shape index (κ1) is 17.4. The van der Waals surface area contributed by atoms with E-state index in [4.69, 9.17) is 0 Å². The third kappa shape index (κ3) is 3.79. The summed E-state index contributed by atoms with van der Waals surface area (Å²) in [7, 11) is 0. The van der Waals surface area contributed by atoms with Crippen molar-refractivity contribution in [2.75, 3.05) is 11.4 Å². The molecular formula is C19H21N3O2S. The van der Waals surface area contributed by atoms with Gasteiger partial charge in [0.25, 0.3) is 0 Å². The summed E-state index contributed by atoms with van der Waals surface area (Å²) >= 11 is 1.57. The van der Waals surface area contributed by atoms with Crippen molar-refractivity contribution in [3.05, 3.63) is 51.2 Å². The number of anilines is 1. The highest BCUT2D eigenvalue weighted by Crippen LogP contribution is 2.26. The van der Waals surface area contributed by atoms with Gasteiger partial charge in [-0.1, -0.05) is 6.07 Å². The molecule has 5 nitrogen and oxygen atoms in total. The SMILES string of the molecule is Cc1ccc(N2CC(C(=O)NN=Cc3sccc3C)CC2=O)cc1C. The molecule has 2 heterocycles. The number of rotatable bonds is 4. The molecule has 6 heteroatoms. The van der Waals surface area contributed by atoms with Crippen LogP contribution in [0.5, 0.6) is 0 Å². The Hall–Kier alpha value is -2.47. The lowest BCUT2D eigenvalue weighted by molar-refractivity contribution is -0.126. The molecule has 1 aromatic heterocycles. The van der Waals surface area contributed by atoms with Gasteiger partial charge in [0.05, 0.1) is 12.1 Å². The normalized spacial score (nSPS) is 17.5. The number of thiophene rings is 1. The molecule has 0 bridgehead atoms. The minimum atomic E-state index is -0.379. The zero-order chi connectivity index (χ0) is 18.0. The van der Waals surface area contributed by atoms with Gasteiger partial charge in [0.2, 0.25) is 11.8 Å². The average molecular weight is 355 g/mol. The zero-order valence-corrected chi connectivity index (χ0v) is 15.4. The van der Waals surface area contributed by atoms with E-state index in [0.29, 0.717) is 6.54 Å². The number of amides is 2. The molecule has 2 amide bonds. The van der Waals surface area contributed by atoms with Crippen LogP contribution < -0.4 is 10.3 Å². The van der Waals surface area contributed by atoms with Crippen molar-refractivity contribution in [3.63, 3.8) is 0 Å². The molecule has 1 atom stereocenters. The predicted molar refractivity (Wildman–Crippen MR) is 101 cm³/mol. The van der Waals surface area contributed by atoms with E-state index in [2.05, 4.69) is 10.5 Å². The molecule has 1 aliphatic rings. The average Bonchev–Trinajstić information content (AvgIpc) is 3.16. The lowest BCUT2D eigenvalue weighted by Gasteiger charge is -2.17. The molecule has 0 radical (unpaired) electrons. The highest BCUT2D eigenvalue weighted by molar-refractivity contribution is 7.11. The number of hydrogen-bond donors (Lipinski definition) is 1. The van der Waals surface area contributed by atoms with Gasteiger partial charge in [-0.05, 0) is 61.0 Å². The largest absolute Gasteiger partial charge is 0.312 e. The maximum absolute atomic E-state index is 12.3. The number of hydrogen-bond acceptors (Lipinski definition) is 4. The van der Waals surface area contributed by atoms with Crippen molar-refractivity contribution in [1.29, 1.82) is 0 Å². The molecule has 0 saturated carbocycles. The molecule has 1 aromatic carbocycles. The van der Waals surface area contributed by atoms with Gasteiger partial charge >= 0.3 is 0 Å². The van der Waals surface area contributed by atoms with Gasteiger partial charge in [-0.15, -0.1) is 11.3 Å². The van der Waals surface area contributed by atoms with Crippen LogP contribution in [0.4, 0.5) is 5.69 Å². The summed E-state index contributed by atoms with van der Waals surface area (Å²) < 4.78 is 0. The fourth-order valence-electron chi connectivity index (χ4n) is 2.79. The Balaban J connectivity index is 1.63. The highest BCUT2D eigenvalue weighted by Gasteiger charge is 2.35. The molecule has 2 aromatic rings. The van der Waals surface area contributed by atoms with Gasteiger partial charge in [0, 0.05) is 23.5 Å². The quantitative estimate of drug-likeness (QED) is 0.676. The van der Waals surface area contributed by atoms with Crippen molar-refractivity contribution in [1.82, 2.24) is 5.43 Å². The lowest BCUT2D eigenvalue weighted by atomic mass is 10.1. The second-order valence-electron chi connectivity index (χ2n) is 6.38. The van der Waals surface area contributed by atoms with Gasteiger partial charge in [-0.2, -0.15) is 5.10 Å². The minimum Gasteiger partial charge on any atom is -0.312 e. The van der Waals surface area contributed by atoms with E-state index < -0.39 is 0 Å². The van der Waals surface area contributed by atoms with E-state index in [9.17, 15) is 9.59 Å². The Kier molecular flexibility index (Phi) is 4.99. The maximum atomic E-state index is 12.3. The van der Waals surface area contributed by atoms with Gasteiger partial charge in [0.15, 0.2) is 0 Å². The lowest BCUT2D eigenvalue weighted by Crippen LogP contribution is -2.30. The van der Waals surface area contributed by atoms with Crippen LogP contribution >= 0.6 is 11.3 Å². The summed E-state index contributed by atoms with van der Waals surface area (Å²) in [5.41, 5.74) is 6.85. The summed E-state index contributed by atoms with van der Waals surface area (Å²) in [6, 6.07) is 7.92. The van der Waals surface area contributed by atoms with E-state index >= 15 is 0 Å². The Morgan fingerprint density at radius 3 is 2.72 bits per heavy atom. The summed E-state index contributed by atoms with van der Waals surface area (Å²) in [6.07, 6.45) is 1.86. The standard InChI is InChI=1S/C19H21N3O2S/c1-12-4-5-16(8-14(12)3)22-11-15(9-18(22)23)19(24)21-20-10-17-13(2)6-7-25-17/h4-8,10,15H,9,11H2,1-3H3,(H,21,24). The second kappa shape index (κ2) is 7.19. The van der Waals surface area contributed by atoms with Gasteiger partial charge in [-0.3, -0.25) is 9.59 Å². The van der Waals surface area contributed by atoms with Crippen molar-refractivity contribution < 1.29 is 9.59 Å². The monoisotopic (exact) mass is 355 g/mol. The fourth-order valence-corrected chi connectivity index (χ4v) is 3.58. The van der Waals surface area contributed by atoms with E-state index in [1.54, 1.807) is 22.5 Å². The Morgan fingerprint density at radius 1 is 1.24 bits per heavy atom. The first-order valence-electron chi connectivity index (χ1n) is 8.20. The molecule has 0 aliphatic carbocycles. The summed E-state index contributed by atoms with van der Waals surface area (Å²) in [5, 5.41) is 6.01. The van der Waals surface area contributed by atoms with E-state index in [-0.39, 0.29) is 24.2 Å². The Labute approximate surface area is 151 Å². The molecule has 1 saturated heterocycles. The van der Waals surface area contributed by atoms with E-state index in [1.807, 2.05) is 50.4 Å². The van der Waals surface area contributed by atoms with Crippen molar-refractivity contribution >= 4 is 35.1 Å². The van der Waals surface area contributed by atoms with Crippen molar-refractivity contribution in [2.24, 2.45) is 11.0 Å². The Morgan fingerprint density at radius 2 is 2.04 bits per heavy atom. The molecule has 0 spiro atoms. The molecular weight excluding hydrogens is 334 g/mol. The summed E-state index contributed by atoms with van der Waals surface area (Å²) in [5.74, 6) is -0.623. The molecule has 1 unspecified atom stereocenters. The van der Waals surface area contributed by atoms with Crippen LogP contribution in [0.15, 0.2) is 34.7 Å². The van der Waals surface area contributed by atoms with Crippen molar-refractivity contribution in [2.45, 2.75) is 27.2 Å². The van der Waals surface area contributed by atoms with E-state index in [1.165, 1.54) is 5.56 Å². The first-order valence-corrected chi connectivity index (χ1v) is 9.08. The highest BCUT2D eigenvalue weighted by atomic mass is 32.1. The summed E-state index contributed by atoms with van der Waals surface area (Å²) in [6.45, 7) is 6.44. The number of carbonyl (C=O) groups is 2. The molecule has 1 N–H and O–H groups in total. The maximum Gasteiger partial charge on any atom is 0.245 e. The number of nitrogens with zero attached hydrogens (tertiary/aromatic N) is 2. The molecule has 1 fully saturated rings. The van der Waals surface area contributed by atoms with Crippen LogP contribution in [0.2, 0.25) is 0 Å².